The highest BCUT2D eigenvalue weighted by Crippen LogP contribution is 2.31. The maximum absolute atomic E-state index is 13.0. The number of rotatable bonds is 2. The molecular formula is C20H18N2O2. The minimum atomic E-state index is -0.187. The van der Waals surface area contributed by atoms with Crippen LogP contribution in [-0.2, 0) is 12.8 Å². The molecule has 1 aromatic heterocycles. The molecule has 0 atom stereocenters. The van der Waals surface area contributed by atoms with Gasteiger partial charge in [0.05, 0.1) is 16.8 Å². The molecule has 0 saturated carbocycles. The number of anilines is 1. The molecule has 0 aliphatic heterocycles. The minimum Gasteiger partial charge on any atom is -0.506 e. The molecule has 3 aromatic rings. The van der Waals surface area contributed by atoms with Gasteiger partial charge in [0.1, 0.15) is 5.75 Å². The number of aromatic hydroxyl groups is 1. The summed E-state index contributed by atoms with van der Waals surface area (Å²) in [5, 5.41) is 13.6. The molecule has 1 amide bonds. The number of amides is 1. The topological polar surface area (TPSA) is 62.2 Å². The third-order valence-electron chi connectivity index (χ3n) is 4.55. The second kappa shape index (κ2) is 5.96. The Morgan fingerprint density at radius 3 is 2.62 bits per heavy atom. The Labute approximate surface area is 140 Å². The monoisotopic (exact) mass is 318 g/mol. The van der Waals surface area contributed by atoms with Gasteiger partial charge in [-0.05, 0) is 49.4 Å². The Morgan fingerprint density at radius 2 is 1.75 bits per heavy atom. The van der Waals surface area contributed by atoms with Crippen LogP contribution in [0.4, 0.5) is 5.69 Å². The summed E-state index contributed by atoms with van der Waals surface area (Å²) in [6, 6.07) is 14.5. The molecule has 2 N–H and O–H groups in total. The van der Waals surface area contributed by atoms with Crippen LogP contribution in [0.25, 0.3) is 10.9 Å². The number of aryl methyl sites for hydroxylation is 1. The zero-order chi connectivity index (χ0) is 16.5. The maximum Gasteiger partial charge on any atom is 0.256 e. The van der Waals surface area contributed by atoms with Crippen molar-refractivity contribution in [3.63, 3.8) is 0 Å². The fourth-order valence-corrected chi connectivity index (χ4v) is 3.40. The molecular weight excluding hydrogens is 300 g/mol. The predicted octanol–water partition coefficient (Wildman–Crippen LogP) is 4.07. The highest BCUT2D eigenvalue weighted by molar-refractivity contribution is 6.14. The van der Waals surface area contributed by atoms with E-state index in [0.29, 0.717) is 11.3 Å². The Balaban J connectivity index is 1.85. The first-order valence-corrected chi connectivity index (χ1v) is 8.24. The van der Waals surface area contributed by atoms with Crippen molar-refractivity contribution < 1.29 is 9.90 Å². The summed E-state index contributed by atoms with van der Waals surface area (Å²) in [5.74, 6) is -0.119. The second-order valence-electron chi connectivity index (χ2n) is 6.11. The van der Waals surface area contributed by atoms with Gasteiger partial charge < -0.3 is 10.4 Å². The third-order valence-corrected chi connectivity index (χ3v) is 4.55. The van der Waals surface area contributed by atoms with Crippen LogP contribution >= 0.6 is 0 Å². The smallest absolute Gasteiger partial charge is 0.256 e. The van der Waals surface area contributed by atoms with Gasteiger partial charge in [-0.1, -0.05) is 30.3 Å². The van der Waals surface area contributed by atoms with Gasteiger partial charge in [-0.15, -0.1) is 0 Å². The van der Waals surface area contributed by atoms with E-state index in [-0.39, 0.29) is 11.7 Å². The van der Waals surface area contributed by atoms with Crippen molar-refractivity contribution in [2.24, 2.45) is 0 Å². The van der Waals surface area contributed by atoms with Crippen LogP contribution in [0, 0.1) is 0 Å². The van der Waals surface area contributed by atoms with Crippen LogP contribution in [0.2, 0.25) is 0 Å². The van der Waals surface area contributed by atoms with Gasteiger partial charge in [0.15, 0.2) is 0 Å². The van der Waals surface area contributed by atoms with E-state index in [1.54, 1.807) is 24.3 Å². The molecule has 1 heterocycles. The van der Waals surface area contributed by atoms with Crippen molar-refractivity contribution >= 4 is 22.5 Å². The SMILES string of the molecule is O=C(Nc1ccccc1O)c1c2c(nc3ccccc13)CCCC2. The quantitative estimate of drug-likeness (QED) is 0.700. The molecule has 0 unspecified atom stereocenters. The molecule has 4 rings (SSSR count). The molecule has 2 aromatic carbocycles. The number of carbonyl (C=O) groups is 1. The van der Waals surface area contributed by atoms with Crippen molar-refractivity contribution in [3.05, 3.63) is 65.4 Å². The van der Waals surface area contributed by atoms with Crippen LogP contribution in [-0.4, -0.2) is 16.0 Å². The Kier molecular flexibility index (Phi) is 3.65. The number of hydrogen-bond donors (Lipinski definition) is 2. The van der Waals surface area contributed by atoms with E-state index >= 15 is 0 Å². The van der Waals surface area contributed by atoms with E-state index in [2.05, 4.69) is 5.32 Å². The van der Waals surface area contributed by atoms with Gasteiger partial charge in [0.25, 0.3) is 5.91 Å². The standard InChI is InChI=1S/C20H18N2O2/c23-18-12-6-5-11-17(18)22-20(24)19-13-7-1-3-9-15(13)21-16-10-4-2-8-14(16)19/h1,3,5-7,9,11-12,23H,2,4,8,10H2,(H,22,24). The highest BCUT2D eigenvalue weighted by atomic mass is 16.3. The van der Waals surface area contributed by atoms with Crippen molar-refractivity contribution in [2.75, 3.05) is 5.32 Å². The van der Waals surface area contributed by atoms with Crippen molar-refractivity contribution in [1.82, 2.24) is 4.98 Å². The summed E-state index contributed by atoms with van der Waals surface area (Å²) in [7, 11) is 0. The molecule has 0 fully saturated rings. The number of pyridine rings is 1. The summed E-state index contributed by atoms with van der Waals surface area (Å²) in [6.45, 7) is 0. The summed E-state index contributed by atoms with van der Waals surface area (Å²) in [4.78, 5) is 17.8. The zero-order valence-corrected chi connectivity index (χ0v) is 13.2. The lowest BCUT2D eigenvalue weighted by molar-refractivity contribution is 0.102. The second-order valence-corrected chi connectivity index (χ2v) is 6.11. The van der Waals surface area contributed by atoms with Crippen molar-refractivity contribution in [2.45, 2.75) is 25.7 Å². The number of phenolic OH excluding ortho intramolecular Hbond substituents is 1. The number of fused-ring (bicyclic) bond motifs is 2. The predicted molar refractivity (Wildman–Crippen MR) is 94.4 cm³/mol. The van der Waals surface area contributed by atoms with Crippen LogP contribution < -0.4 is 5.32 Å². The third kappa shape index (κ3) is 2.50. The fraction of sp³-hybridized carbons (Fsp3) is 0.200. The summed E-state index contributed by atoms with van der Waals surface area (Å²) in [5.41, 5.74) is 4.04. The van der Waals surface area contributed by atoms with Crippen LogP contribution in [0.15, 0.2) is 48.5 Å². The van der Waals surface area contributed by atoms with Gasteiger partial charge in [0, 0.05) is 11.1 Å². The summed E-state index contributed by atoms with van der Waals surface area (Å²) < 4.78 is 0. The number of nitrogens with zero attached hydrogens (tertiary/aromatic N) is 1. The molecule has 0 bridgehead atoms. The lowest BCUT2D eigenvalue weighted by atomic mass is 9.89. The van der Waals surface area contributed by atoms with Crippen LogP contribution in [0.3, 0.4) is 0 Å². The number of para-hydroxylation sites is 3. The number of nitrogens with one attached hydrogen (secondary N) is 1. The lowest BCUT2D eigenvalue weighted by Gasteiger charge is -2.20. The maximum atomic E-state index is 13.0. The van der Waals surface area contributed by atoms with E-state index in [4.69, 9.17) is 4.98 Å². The summed E-state index contributed by atoms with van der Waals surface area (Å²) in [6.07, 6.45) is 3.97. The van der Waals surface area contributed by atoms with Gasteiger partial charge >= 0.3 is 0 Å². The molecule has 0 radical (unpaired) electrons. The van der Waals surface area contributed by atoms with E-state index < -0.39 is 0 Å². The molecule has 120 valence electrons. The molecule has 24 heavy (non-hydrogen) atoms. The van der Waals surface area contributed by atoms with Crippen molar-refractivity contribution in [1.29, 1.82) is 0 Å². The Hall–Kier alpha value is -2.88. The normalized spacial score (nSPS) is 13.5. The molecule has 1 aliphatic rings. The Morgan fingerprint density at radius 1 is 1.00 bits per heavy atom. The van der Waals surface area contributed by atoms with E-state index in [1.165, 1.54) is 0 Å². The minimum absolute atomic E-state index is 0.0677. The van der Waals surface area contributed by atoms with Crippen LogP contribution in [0.5, 0.6) is 5.75 Å². The zero-order valence-electron chi connectivity index (χ0n) is 13.2. The number of benzene rings is 2. The van der Waals surface area contributed by atoms with E-state index in [1.807, 2.05) is 24.3 Å². The van der Waals surface area contributed by atoms with Gasteiger partial charge in [0.2, 0.25) is 0 Å². The van der Waals surface area contributed by atoms with Gasteiger partial charge in [-0.2, -0.15) is 0 Å². The number of aromatic nitrogens is 1. The highest BCUT2D eigenvalue weighted by Gasteiger charge is 2.22. The Bertz CT molecular complexity index is 934. The number of carbonyl (C=O) groups excluding carboxylic acids is 1. The first-order chi connectivity index (χ1) is 11.7. The average Bonchev–Trinajstić information content (AvgIpc) is 2.61. The first-order valence-electron chi connectivity index (χ1n) is 8.24. The average molecular weight is 318 g/mol. The van der Waals surface area contributed by atoms with E-state index in [0.717, 1.165) is 47.8 Å². The molecule has 4 nitrogen and oxygen atoms in total. The number of hydrogen-bond acceptors (Lipinski definition) is 3. The van der Waals surface area contributed by atoms with Crippen LogP contribution in [0.1, 0.15) is 34.5 Å². The molecule has 1 aliphatic carbocycles. The van der Waals surface area contributed by atoms with Gasteiger partial charge in [-0.3, -0.25) is 9.78 Å². The number of phenols is 1. The van der Waals surface area contributed by atoms with Crippen molar-refractivity contribution in [3.8, 4) is 5.75 Å². The lowest BCUT2D eigenvalue weighted by Crippen LogP contribution is -2.19. The first kappa shape index (κ1) is 14.7. The summed E-state index contributed by atoms with van der Waals surface area (Å²) >= 11 is 0. The fourth-order valence-electron chi connectivity index (χ4n) is 3.40. The largest absolute Gasteiger partial charge is 0.506 e. The van der Waals surface area contributed by atoms with Gasteiger partial charge in [-0.25, -0.2) is 0 Å². The molecule has 4 heteroatoms. The van der Waals surface area contributed by atoms with E-state index in [9.17, 15) is 9.90 Å². The molecule has 0 saturated heterocycles. The molecule has 0 spiro atoms.